The van der Waals surface area contributed by atoms with Crippen LogP contribution in [-0.4, -0.2) is 33.6 Å². The molecule has 3 rings (SSSR count). The molecule has 0 saturated heterocycles. The van der Waals surface area contributed by atoms with E-state index in [0.29, 0.717) is 35.7 Å². The van der Waals surface area contributed by atoms with Crippen molar-refractivity contribution in [3.63, 3.8) is 0 Å². The van der Waals surface area contributed by atoms with Gasteiger partial charge in [0.1, 0.15) is 11.9 Å². The third-order valence-corrected chi connectivity index (χ3v) is 3.47. The van der Waals surface area contributed by atoms with Crippen LogP contribution in [-0.2, 0) is 16.0 Å². The summed E-state index contributed by atoms with van der Waals surface area (Å²) >= 11 is 5.86. The van der Waals surface area contributed by atoms with Gasteiger partial charge in [-0.25, -0.2) is 15.0 Å². The lowest BCUT2D eigenvalue weighted by Gasteiger charge is -2.11. The normalized spacial score (nSPS) is 13.4. The predicted octanol–water partition coefficient (Wildman–Crippen LogP) is 2.92. The van der Waals surface area contributed by atoms with Crippen molar-refractivity contribution in [3.8, 4) is 5.88 Å². The summed E-state index contributed by atoms with van der Waals surface area (Å²) in [6, 6.07) is 3.61. The SMILES string of the molecule is CCOC(=O)Cc1cnc(Cl)nc1Nc1ccc(OC2CC2)nc1. The second-order valence-electron chi connectivity index (χ2n) is 5.32. The van der Waals surface area contributed by atoms with Crippen LogP contribution in [0.5, 0.6) is 5.88 Å². The molecule has 2 aromatic rings. The molecule has 0 aliphatic heterocycles. The number of halogens is 1. The molecule has 0 amide bonds. The van der Waals surface area contributed by atoms with E-state index in [1.165, 1.54) is 6.20 Å². The van der Waals surface area contributed by atoms with Gasteiger partial charge in [0.15, 0.2) is 0 Å². The van der Waals surface area contributed by atoms with Crippen LogP contribution in [0.4, 0.5) is 11.5 Å². The highest BCUT2D eigenvalue weighted by Gasteiger charge is 2.23. The summed E-state index contributed by atoms with van der Waals surface area (Å²) < 4.78 is 10.6. The second kappa shape index (κ2) is 7.44. The summed E-state index contributed by atoms with van der Waals surface area (Å²) in [5, 5.41) is 3.19. The molecule has 0 unspecified atom stereocenters. The fourth-order valence-electron chi connectivity index (χ4n) is 2.01. The van der Waals surface area contributed by atoms with E-state index >= 15 is 0 Å². The van der Waals surface area contributed by atoms with Gasteiger partial charge >= 0.3 is 5.97 Å². The van der Waals surface area contributed by atoms with Crippen molar-refractivity contribution in [3.05, 3.63) is 35.4 Å². The first-order valence-electron chi connectivity index (χ1n) is 7.71. The second-order valence-corrected chi connectivity index (χ2v) is 5.66. The van der Waals surface area contributed by atoms with E-state index < -0.39 is 0 Å². The maximum atomic E-state index is 11.7. The lowest BCUT2D eigenvalue weighted by molar-refractivity contribution is -0.142. The number of esters is 1. The number of rotatable bonds is 7. The zero-order valence-corrected chi connectivity index (χ0v) is 13.9. The number of nitrogens with zero attached hydrogens (tertiary/aromatic N) is 3. The fourth-order valence-corrected chi connectivity index (χ4v) is 2.14. The smallest absolute Gasteiger partial charge is 0.310 e. The molecule has 0 aromatic carbocycles. The molecule has 0 radical (unpaired) electrons. The molecule has 1 saturated carbocycles. The lowest BCUT2D eigenvalue weighted by atomic mass is 10.2. The summed E-state index contributed by atoms with van der Waals surface area (Å²) in [4.78, 5) is 24.0. The molecule has 24 heavy (non-hydrogen) atoms. The number of ether oxygens (including phenoxy) is 2. The van der Waals surface area contributed by atoms with Gasteiger partial charge in [-0.2, -0.15) is 0 Å². The topological polar surface area (TPSA) is 86.2 Å². The van der Waals surface area contributed by atoms with Gasteiger partial charge in [-0.05, 0) is 37.4 Å². The van der Waals surface area contributed by atoms with Gasteiger partial charge in [0.05, 0.1) is 24.9 Å². The zero-order valence-electron chi connectivity index (χ0n) is 13.2. The van der Waals surface area contributed by atoms with Crippen LogP contribution in [0.25, 0.3) is 0 Å². The van der Waals surface area contributed by atoms with Crippen LogP contribution in [0.2, 0.25) is 5.28 Å². The predicted molar refractivity (Wildman–Crippen MR) is 88.5 cm³/mol. The molecule has 1 aliphatic rings. The average Bonchev–Trinajstić information content (AvgIpc) is 3.36. The van der Waals surface area contributed by atoms with E-state index in [-0.39, 0.29) is 17.7 Å². The minimum Gasteiger partial charge on any atom is -0.474 e. The molecule has 7 nitrogen and oxygen atoms in total. The van der Waals surface area contributed by atoms with E-state index in [2.05, 4.69) is 20.3 Å². The average molecular weight is 349 g/mol. The van der Waals surface area contributed by atoms with E-state index in [4.69, 9.17) is 21.1 Å². The first kappa shape index (κ1) is 16.4. The van der Waals surface area contributed by atoms with Crippen LogP contribution in [0.3, 0.4) is 0 Å². The van der Waals surface area contributed by atoms with Gasteiger partial charge in [0.25, 0.3) is 0 Å². The third kappa shape index (κ3) is 4.55. The molecule has 1 fully saturated rings. The zero-order chi connectivity index (χ0) is 16.9. The monoisotopic (exact) mass is 348 g/mol. The number of hydrogen-bond donors (Lipinski definition) is 1. The van der Waals surface area contributed by atoms with Crippen LogP contribution in [0.15, 0.2) is 24.5 Å². The van der Waals surface area contributed by atoms with Crippen LogP contribution in [0.1, 0.15) is 25.3 Å². The summed E-state index contributed by atoms with van der Waals surface area (Å²) in [6.45, 7) is 2.08. The molecule has 0 atom stereocenters. The molecule has 0 spiro atoms. The Kier molecular flexibility index (Phi) is 5.10. The minimum atomic E-state index is -0.349. The van der Waals surface area contributed by atoms with Crippen molar-refractivity contribution in [1.29, 1.82) is 0 Å². The molecule has 2 heterocycles. The molecule has 8 heteroatoms. The highest BCUT2D eigenvalue weighted by molar-refractivity contribution is 6.28. The Hall–Kier alpha value is -2.41. The third-order valence-electron chi connectivity index (χ3n) is 3.29. The molecule has 1 aliphatic carbocycles. The number of carbonyl (C=O) groups excluding carboxylic acids is 1. The molecular formula is C16H17ClN4O3. The molecular weight excluding hydrogens is 332 g/mol. The van der Waals surface area contributed by atoms with Crippen molar-refractivity contribution in [2.45, 2.75) is 32.3 Å². The van der Waals surface area contributed by atoms with Crippen LogP contribution < -0.4 is 10.1 Å². The standard InChI is InChI=1S/C16H17ClN4O3/c1-2-23-14(22)7-10-8-19-16(17)21-15(10)20-11-3-6-13(18-9-11)24-12-4-5-12/h3,6,8-9,12H,2,4-5,7H2,1H3,(H,19,20,21). The number of carbonyl (C=O) groups is 1. The van der Waals surface area contributed by atoms with Crippen molar-refractivity contribution < 1.29 is 14.3 Å². The van der Waals surface area contributed by atoms with Gasteiger partial charge in [0.2, 0.25) is 11.2 Å². The lowest BCUT2D eigenvalue weighted by Crippen LogP contribution is -2.10. The Bertz CT molecular complexity index is 720. The Morgan fingerprint density at radius 1 is 1.33 bits per heavy atom. The summed E-state index contributed by atoms with van der Waals surface area (Å²) in [6.07, 6.45) is 5.67. The minimum absolute atomic E-state index is 0.0592. The Labute approximate surface area is 144 Å². The Balaban J connectivity index is 1.72. The largest absolute Gasteiger partial charge is 0.474 e. The van der Waals surface area contributed by atoms with Gasteiger partial charge in [-0.15, -0.1) is 0 Å². The highest BCUT2D eigenvalue weighted by Crippen LogP contribution is 2.26. The van der Waals surface area contributed by atoms with Gasteiger partial charge in [-0.3, -0.25) is 4.79 Å². The Morgan fingerprint density at radius 2 is 2.17 bits per heavy atom. The summed E-state index contributed by atoms with van der Waals surface area (Å²) in [7, 11) is 0. The van der Waals surface area contributed by atoms with E-state index in [1.54, 1.807) is 19.2 Å². The number of anilines is 2. The van der Waals surface area contributed by atoms with Crippen molar-refractivity contribution in [2.24, 2.45) is 0 Å². The number of hydrogen-bond acceptors (Lipinski definition) is 7. The fraction of sp³-hybridized carbons (Fsp3) is 0.375. The van der Waals surface area contributed by atoms with Crippen LogP contribution in [0, 0.1) is 0 Å². The number of nitrogens with one attached hydrogen (secondary N) is 1. The molecule has 2 aromatic heterocycles. The Morgan fingerprint density at radius 3 is 2.83 bits per heavy atom. The highest BCUT2D eigenvalue weighted by atomic mass is 35.5. The van der Waals surface area contributed by atoms with Crippen molar-refractivity contribution in [2.75, 3.05) is 11.9 Å². The van der Waals surface area contributed by atoms with Gasteiger partial charge in [-0.1, -0.05) is 0 Å². The molecule has 0 bridgehead atoms. The maximum Gasteiger partial charge on any atom is 0.310 e. The van der Waals surface area contributed by atoms with E-state index in [9.17, 15) is 4.79 Å². The molecule has 1 N–H and O–H groups in total. The van der Waals surface area contributed by atoms with Crippen molar-refractivity contribution in [1.82, 2.24) is 15.0 Å². The van der Waals surface area contributed by atoms with E-state index in [1.807, 2.05) is 6.07 Å². The van der Waals surface area contributed by atoms with Gasteiger partial charge in [0, 0.05) is 17.8 Å². The quantitative estimate of drug-likeness (QED) is 0.608. The summed E-state index contributed by atoms with van der Waals surface area (Å²) in [5.41, 5.74) is 1.30. The van der Waals surface area contributed by atoms with E-state index in [0.717, 1.165) is 12.8 Å². The van der Waals surface area contributed by atoms with Crippen LogP contribution >= 0.6 is 11.6 Å². The number of pyridine rings is 1. The number of aromatic nitrogens is 3. The summed E-state index contributed by atoms with van der Waals surface area (Å²) in [5.74, 6) is 0.689. The van der Waals surface area contributed by atoms with Crippen molar-refractivity contribution >= 4 is 29.1 Å². The van der Waals surface area contributed by atoms with Gasteiger partial charge < -0.3 is 14.8 Å². The first-order valence-corrected chi connectivity index (χ1v) is 8.08. The maximum absolute atomic E-state index is 11.7. The molecule has 126 valence electrons. The first-order chi connectivity index (χ1) is 11.6.